The summed E-state index contributed by atoms with van der Waals surface area (Å²) in [6.45, 7) is 3.74. The number of hydrogen-bond acceptors (Lipinski definition) is 9. The molecule has 3 aromatic heterocycles. The van der Waals surface area contributed by atoms with E-state index < -0.39 is 0 Å². The summed E-state index contributed by atoms with van der Waals surface area (Å²) in [5.74, 6) is 0.425. The van der Waals surface area contributed by atoms with Crippen molar-refractivity contribution in [2.75, 3.05) is 16.5 Å². The van der Waals surface area contributed by atoms with Gasteiger partial charge in [0, 0.05) is 23.3 Å². The van der Waals surface area contributed by atoms with Gasteiger partial charge in [-0.3, -0.25) is 9.78 Å². The maximum Gasteiger partial charge on any atom is 0.240 e. The van der Waals surface area contributed by atoms with Crippen LogP contribution in [0.15, 0.2) is 40.2 Å². The Kier molecular flexibility index (Phi) is 5.92. The molecule has 0 aliphatic carbocycles. The minimum absolute atomic E-state index is 0.158. The van der Waals surface area contributed by atoms with Gasteiger partial charge in [-0.25, -0.2) is 15.5 Å². The number of aromatic nitrogens is 5. The molecule has 0 atom stereocenters. The zero-order valence-electron chi connectivity index (χ0n) is 14.1. The predicted octanol–water partition coefficient (Wildman–Crippen LogP) is 2.53. The number of amides is 1. The van der Waals surface area contributed by atoms with E-state index in [1.807, 2.05) is 31.4 Å². The van der Waals surface area contributed by atoms with Gasteiger partial charge in [-0.15, -0.1) is 16.4 Å². The van der Waals surface area contributed by atoms with E-state index >= 15 is 0 Å². The number of thioether (sulfide) groups is 1. The summed E-state index contributed by atoms with van der Waals surface area (Å²) in [4.78, 5) is 24.4. The number of aryl methyl sites for hydroxylation is 1. The highest BCUT2D eigenvalue weighted by atomic mass is 32.2. The molecule has 0 saturated heterocycles. The molecule has 26 heavy (non-hydrogen) atoms. The molecule has 0 unspecified atom stereocenters. The van der Waals surface area contributed by atoms with Crippen LogP contribution >= 0.6 is 23.1 Å². The molecule has 3 N–H and O–H groups in total. The Morgan fingerprint density at radius 2 is 2.31 bits per heavy atom. The van der Waals surface area contributed by atoms with Crippen LogP contribution in [0.5, 0.6) is 0 Å². The molecule has 9 nitrogen and oxygen atoms in total. The molecular formula is C15H16N8OS2. The van der Waals surface area contributed by atoms with E-state index in [0.717, 1.165) is 17.0 Å². The Labute approximate surface area is 157 Å². The third-order valence-corrected chi connectivity index (χ3v) is 4.79. The lowest BCUT2D eigenvalue weighted by atomic mass is 10.2. The molecule has 0 bridgehead atoms. The molecule has 0 radical (unpaired) electrons. The summed E-state index contributed by atoms with van der Waals surface area (Å²) < 4.78 is 0. The second kappa shape index (κ2) is 8.54. The van der Waals surface area contributed by atoms with Crippen molar-refractivity contribution < 1.29 is 4.79 Å². The van der Waals surface area contributed by atoms with Crippen molar-refractivity contribution in [2.45, 2.75) is 19.0 Å². The molecular weight excluding hydrogens is 372 g/mol. The normalized spacial score (nSPS) is 11.4. The number of thiazole rings is 1. The Morgan fingerprint density at radius 3 is 3.04 bits per heavy atom. The van der Waals surface area contributed by atoms with Crippen LogP contribution in [-0.4, -0.2) is 42.5 Å². The van der Waals surface area contributed by atoms with Crippen LogP contribution in [0.3, 0.4) is 0 Å². The highest BCUT2D eigenvalue weighted by Gasteiger charge is 2.09. The molecule has 134 valence electrons. The number of nitrogens with one attached hydrogen (secondary N) is 3. The van der Waals surface area contributed by atoms with Crippen molar-refractivity contribution in [3.8, 4) is 0 Å². The van der Waals surface area contributed by atoms with Gasteiger partial charge in [0.1, 0.15) is 0 Å². The molecule has 0 aromatic carbocycles. The van der Waals surface area contributed by atoms with Crippen LogP contribution in [0.1, 0.15) is 18.2 Å². The van der Waals surface area contributed by atoms with Crippen molar-refractivity contribution in [3.05, 3.63) is 41.2 Å². The molecule has 3 heterocycles. The van der Waals surface area contributed by atoms with E-state index in [0.29, 0.717) is 16.2 Å². The van der Waals surface area contributed by atoms with Crippen LogP contribution in [-0.2, 0) is 4.79 Å². The van der Waals surface area contributed by atoms with E-state index in [1.165, 1.54) is 23.1 Å². The van der Waals surface area contributed by atoms with Crippen LogP contribution in [0.25, 0.3) is 0 Å². The minimum Gasteiger partial charge on any atom is -0.301 e. The number of H-pyrrole nitrogens is 1. The number of hydrazone groups is 1. The van der Waals surface area contributed by atoms with Gasteiger partial charge in [0.05, 0.1) is 17.2 Å². The molecule has 3 rings (SSSR count). The van der Waals surface area contributed by atoms with Crippen molar-refractivity contribution in [1.29, 1.82) is 0 Å². The van der Waals surface area contributed by atoms with Gasteiger partial charge >= 0.3 is 0 Å². The fourth-order valence-corrected chi connectivity index (χ4v) is 3.14. The first-order valence-corrected chi connectivity index (χ1v) is 9.44. The third-order valence-electron chi connectivity index (χ3n) is 3.07. The van der Waals surface area contributed by atoms with Gasteiger partial charge in [0.15, 0.2) is 5.13 Å². The predicted molar refractivity (Wildman–Crippen MR) is 103 cm³/mol. The van der Waals surface area contributed by atoms with Gasteiger partial charge < -0.3 is 5.32 Å². The number of pyridine rings is 1. The van der Waals surface area contributed by atoms with E-state index in [4.69, 9.17) is 0 Å². The largest absolute Gasteiger partial charge is 0.301 e. The first-order valence-electron chi connectivity index (χ1n) is 7.58. The summed E-state index contributed by atoms with van der Waals surface area (Å²) >= 11 is 2.61. The first-order chi connectivity index (χ1) is 12.6. The molecule has 1 amide bonds. The zero-order valence-corrected chi connectivity index (χ0v) is 15.7. The zero-order chi connectivity index (χ0) is 18.4. The van der Waals surface area contributed by atoms with Crippen molar-refractivity contribution in [3.63, 3.8) is 0 Å². The van der Waals surface area contributed by atoms with E-state index in [-0.39, 0.29) is 11.7 Å². The van der Waals surface area contributed by atoms with Crippen molar-refractivity contribution in [2.24, 2.45) is 5.10 Å². The topological polar surface area (TPSA) is 121 Å². The highest BCUT2D eigenvalue weighted by molar-refractivity contribution is 7.99. The second-order valence-electron chi connectivity index (χ2n) is 5.15. The van der Waals surface area contributed by atoms with Gasteiger partial charge in [0.2, 0.25) is 17.0 Å². The lowest BCUT2D eigenvalue weighted by Crippen LogP contribution is -2.13. The van der Waals surface area contributed by atoms with Crippen molar-refractivity contribution >= 4 is 45.8 Å². The quantitative estimate of drug-likeness (QED) is 0.323. The van der Waals surface area contributed by atoms with Crippen LogP contribution in [0.4, 0.5) is 11.1 Å². The number of carbonyl (C=O) groups is 1. The number of carbonyl (C=O) groups excluding carboxylic acids is 1. The number of hydrogen-bond donors (Lipinski definition) is 3. The Balaban J connectivity index is 1.49. The fourth-order valence-electron chi connectivity index (χ4n) is 1.84. The number of rotatable bonds is 7. The molecule has 0 spiro atoms. The summed E-state index contributed by atoms with van der Waals surface area (Å²) in [5.41, 5.74) is 5.35. The van der Waals surface area contributed by atoms with Gasteiger partial charge in [-0.05, 0) is 19.9 Å². The standard InChI is InChI=1S/C15H16N8OS2/c1-9-7-25-14(17-9)18-12(24)8-26-15-19-13(22-23-15)21-20-10(2)11-4-3-5-16-6-11/h3-7H,8H2,1-2H3,(H,17,18,24)(H2,19,21,22,23)/b20-10-. The maximum atomic E-state index is 11.9. The summed E-state index contributed by atoms with van der Waals surface area (Å²) in [6.07, 6.45) is 3.43. The molecule has 0 aliphatic heterocycles. The Bertz CT molecular complexity index is 905. The number of nitrogens with zero attached hydrogens (tertiary/aromatic N) is 5. The summed E-state index contributed by atoms with van der Waals surface area (Å²) in [7, 11) is 0. The first kappa shape index (κ1) is 18.0. The van der Waals surface area contributed by atoms with Crippen LogP contribution < -0.4 is 10.7 Å². The monoisotopic (exact) mass is 388 g/mol. The maximum absolute atomic E-state index is 11.9. The fraction of sp³-hybridized carbons (Fsp3) is 0.200. The third kappa shape index (κ3) is 5.10. The average Bonchev–Trinajstić information content (AvgIpc) is 3.27. The van der Waals surface area contributed by atoms with Gasteiger partial charge in [0.25, 0.3) is 0 Å². The van der Waals surface area contributed by atoms with E-state index in [9.17, 15) is 4.79 Å². The molecule has 3 aromatic rings. The lowest BCUT2D eigenvalue weighted by molar-refractivity contribution is -0.113. The Hall–Kier alpha value is -2.79. The van der Waals surface area contributed by atoms with E-state index in [2.05, 4.69) is 41.0 Å². The van der Waals surface area contributed by atoms with Crippen molar-refractivity contribution in [1.82, 2.24) is 25.1 Å². The van der Waals surface area contributed by atoms with Gasteiger partial charge in [-0.2, -0.15) is 10.1 Å². The SMILES string of the molecule is C/C(=N/Nc1nc(SCC(=O)Nc2nc(C)cs2)n[nH]1)c1cccnc1. The van der Waals surface area contributed by atoms with Crippen LogP contribution in [0, 0.1) is 6.92 Å². The molecule has 0 aliphatic rings. The summed E-state index contributed by atoms with van der Waals surface area (Å²) in [6, 6.07) is 3.76. The summed E-state index contributed by atoms with van der Waals surface area (Å²) in [5, 5.41) is 16.7. The minimum atomic E-state index is -0.158. The number of aromatic amines is 1. The average molecular weight is 388 g/mol. The lowest BCUT2D eigenvalue weighted by Gasteiger charge is -2.00. The molecule has 0 fully saturated rings. The number of anilines is 2. The molecule has 11 heteroatoms. The van der Waals surface area contributed by atoms with Gasteiger partial charge in [-0.1, -0.05) is 17.8 Å². The van der Waals surface area contributed by atoms with Crippen LogP contribution in [0.2, 0.25) is 0 Å². The van der Waals surface area contributed by atoms with E-state index in [1.54, 1.807) is 12.4 Å². The Morgan fingerprint density at radius 1 is 1.42 bits per heavy atom. The smallest absolute Gasteiger partial charge is 0.240 e. The second-order valence-corrected chi connectivity index (χ2v) is 6.95. The highest BCUT2D eigenvalue weighted by Crippen LogP contribution is 2.17. The molecule has 0 saturated carbocycles.